The number of nitrogens with one attached hydrogen (secondary N) is 1. The van der Waals surface area contributed by atoms with Gasteiger partial charge >= 0.3 is 5.69 Å². The normalized spacial score (nSPS) is 21.0. The Hall–Kier alpha value is -3.48. The maximum absolute atomic E-state index is 11.3. The molecule has 1 spiro atoms. The van der Waals surface area contributed by atoms with Crippen LogP contribution in [-0.4, -0.2) is 36.3 Å². The number of aromatic nitrogens is 2. The third-order valence-electron chi connectivity index (χ3n) is 5.96. The fraction of sp³-hybridized carbons (Fsp3) is 0.273. The molecule has 7 nitrogen and oxygen atoms in total. The highest BCUT2D eigenvalue weighted by Gasteiger charge is 2.50. The molecule has 0 fully saturated rings. The lowest BCUT2D eigenvalue weighted by Gasteiger charge is -2.26. The topological polar surface area (TPSA) is 76.7 Å². The molecule has 3 aliphatic rings. The molecule has 0 saturated carbocycles. The number of benzene rings is 2. The zero-order valence-corrected chi connectivity index (χ0v) is 15.7. The molecule has 1 N–H and O–H groups in total. The molecule has 3 aromatic rings. The van der Waals surface area contributed by atoms with Gasteiger partial charge in [-0.05, 0) is 17.7 Å². The predicted molar refractivity (Wildman–Crippen MR) is 106 cm³/mol. The maximum Gasteiger partial charge on any atom is 0.344 e. The lowest BCUT2D eigenvalue weighted by Crippen LogP contribution is -2.36. The minimum absolute atomic E-state index is 0.266. The van der Waals surface area contributed by atoms with Gasteiger partial charge in [0.1, 0.15) is 25.6 Å². The van der Waals surface area contributed by atoms with Crippen LogP contribution in [0.25, 0.3) is 0 Å². The van der Waals surface area contributed by atoms with E-state index < -0.39 is 0 Å². The van der Waals surface area contributed by atoms with Crippen molar-refractivity contribution in [2.45, 2.75) is 12.0 Å². The number of anilines is 1. The second-order valence-electron chi connectivity index (χ2n) is 7.66. The summed E-state index contributed by atoms with van der Waals surface area (Å²) >= 11 is 0. The van der Waals surface area contributed by atoms with E-state index in [1.54, 1.807) is 12.4 Å². The molecule has 146 valence electrons. The molecule has 7 heteroatoms. The summed E-state index contributed by atoms with van der Waals surface area (Å²) in [6.07, 6.45) is 3.36. The fourth-order valence-electron chi connectivity index (χ4n) is 4.66. The summed E-state index contributed by atoms with van der Waals surface area (Å²) in [6.45, 7) is 3.12. The van der Waals surface area contributed by atoms with Crippen LogP contribution in [0.3, 0.4) is 0 Å². The van der Waals surface area contributed by atoms with Crippen LogP contribution < -0.4 is 24.8 Å². The summed E-state index contributed by atoms with van der Waals surface area (Å²) in [5.41, 5.74) is 3.90. The average Bonchev–Trinajstić information content (AvgIpc) is 3.27. The molecule has 0 aliphatic carbocycles. The minimum Gasteiger partial charge on any atom is -0.492 e. The number of fused-ring (bicyclic) bond motifs is 5. The quantitative estimate of drug-likeness (QED) is 0.725. The lowest BCUT2D eigenvalue weighted by atomic mass is 9.77. The van der Waals surface area contributed by atoms with Gasteiger partial charge < -0.3 is 24.1 Å². The van der Waals surface area contributed by atoms with Crippen molar-refractivity contribution in [3.8, 4) is 17.2 Å². The second kappa shape index (κ2) is 6.01. The van der Waals surface area contributed by atoms with E-state index in [-0.39, 0.29) is 11.1 Å². The smallest absolute Gasteiger partial charge is 0.344 e. The van der Waals surface area contributed by atoms with Gasteiger partial charge in [0.25, 0.3) is 0 Å². The Morgan fingerprint density at radius 3 is 2.69 bits per heavy atom. The summed E-state index contributed by atoms with van der Waals surface area (Å²) in [6, 6.07) is 12.5. The zero-order valence-electron chi connectivity index (χ0n) is 15.7. The van der Waals surface area contributed by atoms with Crippen LogP contribution in [0.1, 0.15) is 16.7 Å². The number of nitrogens with zero attached hydrogens (tertiary/aromatic N) is 2. The van der Waals surface area contributed by atoms with Crippen LogP contribution in [-0.2, 0) is 12.0 Å². The highest BCUT2D eigenvalue weighted by molar-refractivity contribution is 5.70. The van der Waals surface area contributed by atoms with Crippen LogP contribution in [0.15, 0.2) is 53.6 Å². The van der Waals surface area contributed by atoms with Gasteiger partial charge in [0.15, 0.2) is 11.5 Å². The monoisotopic (exact) mass is 389 g/mol. The number of H-pyrrole nitrogens is 1. The third kappa shape index (κ3) is 2.43. The number of aromatic amines is 1. The van der Waals surface area contributed by atoms with Gasteiger partial charge in [-0.1, -0.05) is 18.2 Å². The molecule has 1 aromatic heterocycles. The average molecular weight is 389 g/mol. The minimum atomic E-state index is -0.336. The number of para-hydroxylation sites is 1. The summed E-state index contributed by atoms with van der Waals surface area (Å²) in [4.78, 5) is 20.1. The highest BCUT2D eigenvalue weighted by atomic mass is 16.6. The Morgan fingerprint density at radius 1 is 1.03 bits per heavy atom. The number of rotatable bonds is 2. The van der Waals surface area contributed by atoms with Crippen LogP contribution in [0.2, 0.25) is 0 Å². The lowest BCUT2D eigenvalue weighted by molar-refractivity contribution is 0.171. The first-order chi connectivity index (χ1) is 14.2. The van der Waals surface area contributed by atoms with Crippen LogP contribution >= 0.6 is 0 Å². The van der Waals surface area contributed by atoms with E-state index in [1.807, 2.05) is 6.07 Å². The number of hydrogen-bond acceptors (Lipinski definition) is 6. The Labute approximate surface area is 166 Å². The van der Waals surface area contributed by atoms with E-state index in [2.05, 4.69) is 45.2 Å². The first-order valence-corrected chi connectivity index (χ1v) is 9.68. The first kappa shape index (κ1) is 16.5. The van der Waals surface area contributed by atoms with Crippen molar-refractivity contribution in [2.24, 2.45) is 0 Å². The van der Waals surface area contributed by atoms with Crippen molar-refractivity contribution in [3.63, 3.8) is 0 Å². The summed E-state index contributed by atoms with van der Waals surface area (Å²) in [7, 11) is 0. The maximum atomic E-state index is 11.3. The van der Waals surface area contributed by atoms with Crippen molar-refractivity contribution in [1.82, 2.24) is 9.97 Å². The molecule has 0 saturated heterocycles. The van der Waals surface area contributed by atoms with E-state index in [1.165, 1.54) is 11.3 Å². The van der Waals surface area contributed by atoms with Gasteiger partial charge in [0.2, 0.25) is 0 Å². The molecular weight excluding hydrogens is 370 g/mol. The Bertz CT molecular complexity index is 1150. The molecule has 1 atom stereocenters. The fourth-order valence-corrected chi connectivity index (χ4v) is 4.66. The van der Waals surface area contributed by atoms with E-state index in [0.29, 0.717) is 26.4 Å². The molecule has 3 aliphatic heterocycles. The molecule has 0 bridgehead atoms. The summed E-state index contributed by atoms with van der Waals surface area (Å²) < 4.78 is 17.7. The van der Waals surface area contributed by atoms with Gasteiger partial charge in [-0.2, -0.15) is 0 Å². The molecule has 6 rings (SSSR count). The zero-order chi connectivity index (χ0) is 19.4. The molecule has 4 heterocycles. The number of ether oxygens (including phenoxy) is 3. The van der Waals surface area contributed by atoms with Crippen molar-refractivity contribution >= 4 is 5.69 Å². The summed E-state index contributed by atoms with van der Waals surface area (Å²) in [5, 5.41) is 0. The van der Waals surface area contributed by atoms with Gasteiger partial charge in [0, 0.05) is 48.4 Å². The summed E-state index contributed by atoms with van der Waals surface area (Å²) in [5.74, 6) is 2.38. The predicted octanol–water partition coefficient (Wildman–Crippen LogP) is 2.24. The first-order valence-electron chi connectivity index (χ1n) is 9.68. The molecule has 0 amide bonds. The van der Waals surface area contributed by atoms with Crippen molar-refractivity contribution in [1.29, 1.82) is 0 Å². The molecule has 29 heavy (non-hydrogen) atoms. The molecular formula is C22H19N3O4. The van der Waals surface area contributed by atoms with Crippen LogP contribution in [0.5, 0.6) is 17.2 Å². The van der Waals surface area contributed by atoms with Crippen molar-refractivity contribution in [2.75, 3.05) is 31.3 Å². The highest BCUT2D eigenvalue weighted by Crippen LogP contribution is 2.54. The standard InChI is InChI=1S/C22H19N3O4/c26-21-23-9-14(10-24-21)11-25-12-22(15-3-1-2-4-17(15)25)13-29-18-8-20-19(7-16(18)22)27-5-6-28-20/h1-4,7-10H,5-6,11-13H2,(H,23,24,26). The van der Waals surface area contributed by atoms with Crippen LogP contribution in [0, 0.1) is 0 Å². The van der Waals surface area contributed by atoms with Crippen molar-refractivity contribution < 1.29 is 14.2 Å². The van der Waals surface area contributed by atoms with E-state index in [4.69, 9.17) is 14.2 Å². The van der Waals surface area contributed by atoms with Gasteiger partial charge in [-0.25, -0.2) is 9.78 Å². The third-order valence-corrected chi connectivity index (χ3v) is 5.96. The Kier molecular flexibility index (Phi) is 3.41. The van der Waals surface area contributed by atoms with Crippen LogP contribution in [0.4, 0.5) is 5.69 Å². The van der Waals surface area contributed by atoms with E-state index in [9.17, 15) is 4.79 Å². The van der Waals surface area contributed by atoms with Crippen molar-refractivity contribution in [3.05, 3.63) is 76.0 Å². The van der Waals surface area contributed by atoms with E-state index in [0.717, 1.165) is 34.9 Å². The second-order valence-corrected chi connectivity index (χ2v) is 7.66. The molecule has 2 aromatic carbocycles. The Morgan fingerprint density at radius 2 is 1.86 bits per heavy atom. The molecule has 1 unspecified atom stereocenters. The van der Waals surface area contributed by atoms with Gasteiger partial charge in [-0.3, -0.25) is 0 Å². The Balaban J connectivity index is 1.44. The van der Waals surface area contributed by atoms with E-state index >= 15 is 0 Å². The SMILES string of the molecule is O=c1ncc(CN2CC3(COc4cc5c(cc43)OCCO5)c3ccccc32)c[nH]1. The van der Waals surface area contributed by atoms with Gasteiger partial charge in [0.05, 0.1) is 5.41 Å². The van der Waals surface area contributed by atoms with Gasteiger partial charge in [-0.15, -0.1) is 0 Å². The largest absolute Gasteiger partial charge is 0.492 e. The number of hydrogen-bond donors (Lipinski definition) is 1. The molecule has 0 radical (unpaired) electrons.